The second-order valence-electron chi connectivity index (χ2n) is 3.87. The summed E-state index contributed by atoms with van der Waals surface area (Å²) < 4.78 is 1.85. The fourth-order valence-corrected chi connectivity index (χ4v) is 1.58. The van der Waals surface area contributed by atoms with Crippen LogP contribution in [0, 0.1) is 6.92 Å². The Hall–Kier alpha value is -0.870. The van der Waals surface area contributed by atoms with E-state index in [1.165, 1.54) is 5.56 Å². The molecule has 1 rings (SSSR count). The molecule has 0 atom stereocenters. The van der Waals surface area contributed by atoms with Gasteiger partial charge in [0.05, 0.1) is 5.69 Å². The van der Waals surface area contributed by atoms with Crippen LogP contribution < -0.4 is 5.32 Å². The Labute approximate surface area is 91.3 Å². The van der Waals surface area contributed by atoms with E-state index in [0.29, 0.717) is 6.61 Å². The van der Waals surface area contributed by atoms with Gasteiger partial charge in [-0.15, -0.1) is 0 Å². The van der Waals surface area contributed by atoms with Gasteiger partial charge < -0.3 is 10.4 Å². The summed E-state index contributed by atoms with van der Waals surface area (Å²) in [6.45, 7) is 4.23. The highest BCUT2D eigenvalue weighted by atomic mass is 16.2. The number of aliphatic hydroxyl groups excluding tert-OH is 1. The zero-order valence-electron chi connectivity index (χ0n) is 9.66. The molecule has 0 aliphatic carbocycles. The SMILES string of the molecule is Cc1nn(C)cc1CNCCCCCO. The summed E-state index contributed by atoms with van der Waals surface area (Å²) in [6.07, 6.45) is 5.18. The standard InChI is InChI=1S/C11H21N3O/c1-10-11(9-14(2)13-10)8-12-6-4-3-5-7-15/h9,12,15H,3-8H2,1-2H3. The van der Waals surface area contributed by atoms with E-state index in [2.05, 4.69) is 16.6 Å². The van der Waals surface area contributed by atoms with Crippen molar-refractivity contribution in [3.8, 4) is 0 Å². The first-order chi connectivity index (χ1) is 7.24. The lowest BCUT2D eigenvalue weighted by Gasteiger charge is -2.02. The topological polar surface area (TPSA) is 50.1 Å². The van der Waals surface area contributed by atoms with Gasteiger partial charge in [-0.25, -0.2) is 0 Å². The molecule has 4 nitrogen and oxygen atoms in total. The predicted octanol–water partition coefficient (Wildman–Crippen LogP) is 0.981. The van der Waals surface area contributed by atoms with Gasteiger partial charge >= 0.3 is 0 Å². The number of aliphatic hydroxyl groups is 1. The van der Waals surface area contributed by atoms with Crippen LogP contribution in [0.1, 0.15) is 30.5 Å². The van der Waals surface area contributed by atoms with Crippen LogP contribution in [0.5, 0.6) is 0 Å². The summed E-state index contributed by atoms with van der Waals surface area (Å²) in [5.41, 5.74) is 2.36. The molecule has 0 aliphatic heterocycles. The molecule has 86 valence electrons. The van der Waals surface area contributed by atoms with Gasteiger partial charge in [0.25, 0.3) is 0 Å². The molecular formula is C11H21N3O. The molecule has 0 unspecified atom stereocenters. The smallest absolute Gasteiger partial charge is 0.0638 e. The number of rotatable bonds is 7. The first kappa shape index (κ1) is 12.2. The predicted molar refractivity (Wildman–Crippen MR) is 60.6 cm³/mol. The molecule has 0 fully saturated rings. The van der Waals surface area contributed by atoms with E-state index in [9.17, 15) is 0 Å². The third kappa shape index (κ3) is 4.44. The van der Waals surface area contributed by atoms with E-state index < -0.39 is 0 Å². The maximum absolute atomic E-state index is 8.61. The van der Waals surface area contributed by atoms with Crippen molar-refractivity contribution in [1.82, 2.24) is 15.1 Å². The Kier molecular flexibility index (Phi) is 5.36. The fourth-order valence-electron chi connectivity index (χ4n) is 1.58. The molecular weight excluding hydrogens is 190 g/mol. The highest BCUT2D eigenvalue weighted by Gasteiger charge is 2.01. The van der Waals surface area contributed by atoms with Gasteiger partial charge in [-0.1, -0.05) is 0 Å². The molecule has 0 saturated heterocycles. The minimum absolute atomic E-state index is 0.307. The first-order valence-electron chi connectivity index (χ1n) is 5.54. The second-order valence-corrected chi connectivity index (χ2v) is 3.87. The third-order valence-corrected chi connectivity index (χ3v) is 2.44. The van der Waals surface area contributed by atoms with Crippen molar-refractivity contribution < 1.29 is 5.11 Å². The van der Waals surface area contributed by atoms with Crippen LogP contribution in [-0.4, -0.2) is 28.0 Å². The van der Waals surface area contributed by atoms with Crippen molar-refractivity contribution in [3.05, 3.63) is 17.5 Å². The van der Waals surface area contributed by atoms with Crippen molar-refractivity contribution in [3.63, 3.8) is 0 Å². The van der Waals surface area contributed by atoms with E-state index >= 15 is 0 Å². The fraction of sp³-hybridized carbons (Fsp3) is 0.727. The van der Waals surface area contributed by atoms with Gasteiger partial charge in [0.2, 0.25) is 0 Å². The zero-order valence-corrected chi connectivity index (χ0v) is 9.66. The number of aromatic nitrogens is 2. The van der Waals surface area contributed by atoms with E-state index in [1.807, 2.05) is 18.7 Å². The summed E-state index contributed by atoms with van der Waals surface area (Å²) in [5.74, 6) is 0. The highest BCUT2D eigenvalue weighted by molar-refractivity contribution is 5.14. The quantitative estimate of drug-likeness (QED) is 0.661. The van der Waals surface area contributed by atoms with Crippen molar-refractivity contribution in [2.75, 3.05) is 13.2 Å². The van der Waals surface area contributed by atoms with Crippen LogP contribution in [0.25, 0.3) is 0 Å². The van der Waals surface area contributed by atoms with E-state index in [4.69, 9.17) is 5.11 Å². The Morgan fingerprint density at radius 3 is 2.80 bits per heavy atom. The van der Waals surface area contributed by atoms with E-state index in [1.54, 1.807) is 0 Å². The van der Waals surface area contributed by atoms with Gasteiger partial charge in [0.1, 0.15) is 0 Å². The number of hydrogen-bond donors (Lipinski definition) is 2. The number of unbranched alkanes of at least 4 members (excludes halogenated alkanes) is 2. The Morgan fingerprint density at radius 2 is 2.20 bits per heavy atom. The van der Waals surface area contributed by atoms with Crippen molar-refractivity contribution >= 4 is 0 Å². The maximum atomic E-state index is 8.61. The van der Waals surface area contributed by atoms with Crippen molar-refractivity contribution in [2.45, 2.75) is 32.7 Å². The van der Waals surface area contributed by atoms with E-state index in [0.717, 1.165) is 38.0 Å². The number of nitrogens with one attached hydrogen (secondary N) is 1. The average molecular weight is 211 g/mol. The molecule has 0 spiro atoms. The van der Waals surface area contributed by atoms with Crippen LogP contribution in [0.4, 0.5) is 0 Å². The molecule has 0 radical (unpaired) electrons. The first-order valence-corrected chi connectivity index (χ1v) is 5.54. The zero-order chi connectivity index (χ0) is 11.1. The molecule has 1 aromatic rings. The van der Waals surface area contributed by atoms with E-state index in [-0.39, 0.29) is 0 Å². The molecule has 0 aliphatic rings. The highest BCUT2D eigenvalue weighted by Crippen LogP contribution is 2.03. The summed E-state index contributed by atoms with van der Waals surface area (Å²) in [4.78, 5) is 0. The molecule has 0 saturated carbocycles. The van der Waals surface area contributed by atoms with Crippen LogP contribution in [0.15, 0.2) is 6.20 Å². The summed E-state index contributed by atoms with van der Waals surface area (Å²) in [5, 5.41) is 16.3. The normalized spacial score (nSPS) is 10.9. The minimum atomic E-state index is 0.307. The van der Waals surface area contributed by atoms with Gasteiger partial charge in [0, 0.05) is 32.0 Å². The molecule has 15 heavy (non-hydrogen) atoms. The van der Waals surface area contributed by atoms with Crippen molar-refractivity contribution in [2.24, 2.45) is 7.05 Å². The lowest BCUT2D eigenvalue weighted by molar-refractivity contribution is 0.283. The molecule has 1 aromatic heterocycles. The Bertz CT molecular complexity index is 283. The largest absolute Gasteiger partial charge is 0.396 e. The minimum Gasteiger partial charge on any atom is -0.396 e. The number of aryl methyl sites for hydroxylation is 2. The third-order valence-electron chi connectivity index (χ3n) is 2.44. The van der Waals surface area contributed by atoms with Crippen LogP contribution in [-0.2, 0) is 13.6 Å². The maximum Gasteiger partial charge on any atom is 0.0638 e. The van der Waals surface area contributed by atoms with Crippen molar-refractivity contribution in [1.29, 1.82) is 0 Å². The van der Waals surface area contributed by atoms with Crippen LogP contribution in [0.3, 0.4) is 0 Å². The second kappa shape index (κ2) is 6.58. The summed E-state index contributed by atoms with van der Waals surface area (Å²) >= 11 is 0. The lowest BCUT2D eigenvalue weighted by atomic mass is 10.2. The molecule has 4 heteroatoms. The monoisotopic (exact) mass is 211 g/mol. The molecule has 1 heterocycles. The average Bonchev–Trinajstić information content (AvgIpc) is 2.51. The van der Waals surface area contributed by atoms with Crippen LogP contribution in [0.2, 0.25) is 0 Å². The molecule has 0 bridgehead atoms. The summed E-state index contributed by atoms with van der Waals surface area (Å²) in [6, 6.07) is 0. The number of nitrogens with zero attached hydrogens (tertiary/aromatic N) is 2. The van der Waals surface area contributed by atoms with Crippen LogP contribution >= 0.6 is 0 Å². The Balaban J connectivity index is 2.12. The number of hydrogen-bond acceptors (Lipinski definition) is 3. The van der Waals surface area contributed by atoms with Gasteiger partial charge in [0.15, 0.2) is 0 Å². The lowest BCUT2D eigenvalue weighted by Crippen LogP contribution is -2.14. The molecule has 0 amide bonds. The van der Waals surface area contributed by atoms with Gasteiger partial charge in [-0.3, -0.25) is 4.68 Å². The summed E-state index contributed by atoms with van der Waals surface area (Å²) in [7, 11) is 1.94. The Morgan fingerprint density at radius 1 is 1.40 bits per heavy atom. The molecule has 0 aromatic carbocycles. The van der Waals surface area contributed by atoms with Gasteiger partial charge in [-0.2, -0.15) is 5.10 Å². The van der Waals surface area contributed by atoms with Gasteiger partial charge in [-0.05, 0) is 32.7 Å². The molecule has 2 N–H and O–H groups in total.